The second kappa shape index (κ2) is 6.36. The number of nitrogens with zero attached hydrogens (tertiary/aromatic N) is 2. The number of piperidine rings is 1. The zero-order valence-corrected chi connectivity index (χ0v) is 11.2. The predicted octanol–water partition coefficient (Wildman–Crippen LogP) is 1.63. The van der Waals surface area contributed by atoms with Gasteiger partial charge in [0.1, 0.15) is 5.78 Å². The fraction of sp³-hybridized carbons (Fsp3) is 0.923. The molecule has 2 atom stereocenters. The van der Waals surface area contributed by atoms with Crippen molar-refractivity contribution in [1.29, 1.82) is 0 Å². The van der Waals surface area contributed by atoms with Crippen molar-refractivity contribution in [1.82, 2.24) is 9.80 Å². The number of likely N-dealkylation sites (N-methyl/N-ethyl adjacent to an activating group) is 2. The molecule has 1 saturated heterocycles. The summed E-state index contributed by atoms with van der Waals surface area (Å²) in [6, 6.07) is 0.562. The molecule has 0 spiro atoms. The Kier molecular flexibility index (Phi) is 5.42. The van der Waals surface area contributed by atoms with E-state index in [9.17, 15) is 4.79 Å². The molecule has 0 aliphatic carbocycles. The van der Waals surface area contributed by atoms with Gasteiger partial charge in [-0.1, -0.05) is 13.8 Å². The van der Waals surface area contributed by atoms with Crippen LogP contribution in [0.4, 0.5) is 0 Å². The zero-order valence-electron chi connectivity index (χ0n) is 11.2. The van der Waals surface area contributed by atoms with Gasteiger partial charge in [0.25, 0.3) is 0 Å². The lowest BCUT2D eigenvalue weighted by atomic mass is 10.0. The standard InChI is InChI=1S/C13H26N2O/c1-5-11(2)13(16)10-15(4)12-7-6-8-14(3)9-12/h11-12H,5-10H2,1-4H3. The molecule has 0 amide bonds. The maximum absolute atomic E-state index is 11.9. The maximum atomic E-state index is 11.9. The molecule has 16 heavy (non-hydrogen) atoms. The third-order valence-corrected chi connectivity index (χ3v) is 3.79. The molecule has 1 rings (SSSR count). The molecular weight excluding hydrogens is 200 g/mol. The molecule has 3 heteroatoms. The Hall–Kier alpha value is -0.410. The summed E-state index contributed by atoms with van der Waals surface area (Å²) in [6.45, 7) is 7.03. The van der Waals surface area contributed by atoms with E-state index >= 15 is 0 Å². The average Bonchev–Trinajstić information content (AvgIpc) is 2.27. The van der Waals surface area contributed by atoms with Crippen molar-refractivity contribution in [2.75, 3.05) is 33.7 Å². The Labute approximate surface area is 99.8 Å². The lowest BCUT2D eigenvalue weighted by molar-refractivity contribution is -0.124. The minimum Gasteiger partial charge on any atom is -0.305 e. The maximum Gasteiger partial charge on any atom is 0.149 e. The number of hydrogen-bond acceptors (Lipinski definition) is 3. The van der Waals surface area contributed by atoms with Crippen LogP contribution >= 0.6 is 0 Å². The van der Waals surface area contributed by atoms with Gasteiger partial charge in [0.15, 0.2) is 0 Å². The Morgan fingerprint density at radius 2 is 2.25 bits per heavy atom. The molecule has 2 unspecified atom stereocenters. The van der Waals surface area contributed by atoms with Gasteiger partial charge < -0.3 is 4.90 Å². The second-order valence-corrected chi connectivity index (χ2v) is 5.25. The molecule has 0 bridgehead atoms. The molecular formula is C13H26N2O. The number of carbonyl (C=O) groups is 1. The fourth-order valence-corrected chi connectivity index (χ4v) is 2.26. The van der Waals surface area contributed by atoms with Gasteiger partial charge >= 0.3 is 0 Å². The first-order valence-corrected chi connectivity index (χ1v) is 6.46. The number of hydrogen-bond donors (Lipinski definition) is 0. The van der Waals surface area contributed by atoms with Gasteiger partial charge in [-0.3, -0.25) is 9.69 Å². The highest BCUT2D eigenvalue weighted by atomic mass is 16.1. The summed E-state index contributed by atoms with van der Waals surface area (Å²) in [5.74, 6) is 0.599. The largest absolute Gasteiger partial charge is 0.305 e. The summed E-state index contributed by atoms with van der Waals surface area (Å²) in [5, 5.41) is 0. The van der Waals surface area contributed by atoms with Crippen molar-refractivity contribution in [3.05, 3.63) is 0 Å². The van der Waals surface area contributed by atoms with E-state index in [2.05, 4.69) is 30.8 Å². The first-order valence-electron chi connectivity index (χ1n) is 6.46. The molecule has 1 aliphatic heterocycles. The predicted molar refractivity (Wildman–Crippen MR) is 67.6 cm³/mol. The minimum atomic E-state index is 0.212. The van der Waals surface area contributed by atoms with Crippen LogP contribution in [-0.2, 0) is 4.79 Å². The lowest BCUT2D eigenvalue weighted by Gasteiger charge is -2.35. The quantitative estimate of drug-likeness (QED) is 0.712. The smallest absolute Gasteiger partial charge is 0.149 e. The molecule has 3 nitrogen and oxygen atoms in total. The van der Waals surface area contributed by atoms with Crippen molar-refractivity contribution < 1.29 is 4.79 Å². The van der Waals surface area contributed by atoms with Gasteiger partial charge in [-0.25, -0.2) is 0 Å². The summed E-state index contributed by atoms with van der Waals surface area (Å²) in [5.41, 5.74) is 0. The lowest BCUT2D eigenvalue weighted by Crippen LogP contribution is -2.47. The Morgan fingerprint density at radius 3 is 2.81 bits per heavy atom. The van der Waals surface area contributed by atoms with Gasteiger partial charge in [-0.05, 0) is 39.9 Å². The van der Waals surface area contributed by atoms with Gasteiger partial charge in [0, 0.05) is 18.5 Å². The van der Waals surface area contributed by atoms with Crippen LogP contribution in [0.1, 0.15) is 33.1 Å². The van der Waals surface area contributed by atoms with E-state index in [1.165, 1.54) is 19.4 Å². The minimum absolute atomic E-state index is 0.212. The molecule has 1 fully saturated rings. The van der Waals surface area contributed by atoms with Gasteiger partial charge in [-0.15, -0.1) is 0 Å². The number of carbonyl (C=O) groups excluding carboxylic acids is 1. The number of ketones is 1. The van der Waals surface area contributed by atoms with Gasteiger partial charge in [0.05, 0.1) is 6.54 Å². The molecule has 1 aliphatic rings. The highest BCUT2D eigenvalue weighted by Crippen LogP contribution is 2.14. The third-order valence-electron chi connectivity index (χ3n) is 3.79. The van der Waals surface area contributed by atoms with Crippen molar-refractivity contribution in [2.45, 2.75) is 39.2 Å². The normalized spacial score (nSPS) is 24.7. The number of rotatable bonds is 5. The van der Waals surface area contributed by atoms with Crippen molar-refractivity contribution >= 4 is 5.78 Å². The molecule has 0 aromatic heterocycles. The summed E-state index contributed by atoms with van der Waals surface area (Å²) in [4.78, 5) is 16.5. The summed E-state index contributed by atoms with van der Waals surface area (Å²) in [6.07, 6.45) is 3.44. The molecule has 0 N–H and O–H groups in total. The van der Waals surface area contributed by atoms with Gasteiger partial charge in [0.2, 0.25) is 0 Å². The SMILES string of the molecule is CCC(C)C(=O)CN(C)C1CCCN(C)C1. The van der Waals surface area contributed by atoms with E-state index in [1.54, 1.807) is 0 Å². The topological polar surface area (TPSA) is 23.6 Å². The van der Waals surface area contributed by atoms with Crippen LogP contribution in [0, 0.1) is 5.92 Å². The van der Waals surface area contributed by atoms with E-state index in [1.807, 2.05) is 6.92 Å². The van der Waals surface area contributed by atoms with Crippen LogP contribution in [0.15, 0.2) is 0 Å². The van der Waals surface area contributed by atoms with Crippen LogP contribution in [-0.4, -0.2) is 55.4 Å². The van der Waals surface area contributed by atoms with E-state index < -0.39 is 0 Å². The highest BCUT2D eigenvalue weighted by molar-refractivity contribution is 5.82. The van der Waals surface area contributed by atoms with E-state index in [0.717, 1.165) is 13.0 Å². The molecule has 0 aromatic rings. The Bertz CT molecular complexity index is 230. The first-order chi connectivity index (χ1) is 7.54. The van der Waals surface area contributed by atoms with E-state index in [4.69, 9.17) is 0 Å². The van der Waals surface area contributed by atoms with Crippen LogP contribution < -0.4 is 0 Å². The molecule has 0 saturated carbocycles. The van der Waals surface area contributed by atoms with Crippen LogP contribution in [0.25, 0.3) is 0 Å². The van der Waals surface area contributed by atoms with Crippen LogP contribution in [0.5, 0.6) is 0 Å². The molecule has 94 valence electrons. The second-order valence-electron chi connectivity index (χ2n) is 5.25. The number of Topliss-reactive ketones (excluding diaryl/α,β-unsaturated/α-hetero) is 1. The first kappa shape index (κ1) is 13.7. The van der Waals surface area contributed by atoms with E-state index in [-0.39, 0.29) is 5.92 Å². The third kappa shape index (κ3) is 3.87. The van der Waals surface area contributed by atoms with Crippen molar-refractivity contribution in [2.24, 2.45) is 5.92 Å². The average molecular weight is 226 g/mol. The van der Waals surface area contributed by atoms with Crippen molar-refractivity contribution in [3.8, 4) is 0 Å². The Balaban J connectivity index is 2.39. The summed E-state index contributed by atoms with van der Waals surface area (Å²) >= 11 is 0. The Morgan fingerprint density at radius 1 is 1.56 bits per heavy atom. The van der Waals surface area contributed by atoms with Gasteiger partial charge in [-0.2, -0.15) is 0 Å². The fourth-order valence-electron chi connectivity index (χ4n) is 2.26. The highest BCUT2D eigenvalue weighted by Gasteiger charge is 2.23. The molecule has 0 aromatic carbocycles. The summed E-state index contributed by atoms with van der Waals surface area (Å²) in [7, 11) is 4.25. The van der Waals surface area contributed by atoms with Crippen LogP contribution in [0.3, 0.4) is 0 Å². The summed E-state index contributed by atoms with van der Waals surface area (Å²) < 4.78 is 0. The van der Waals surface area contributed by atoms with Crippen molar-refractivity contribution in [3.63, 3.8) is 0 Å². The van der Waals surface area contributed by atoms with Crippen LogP contribution in [0.2, 0.25) is 0 Å². The number of likely N-dealkylation sites (tertiary alicyclic amines) is 1. The molecule has 1 heterocycles. The van der Waals surface area contributed by atoms with E-state index in [0.29, 0.717) is 18.4 Å². The monoisotopic (exact) mass is 226 g/mol. The zero-order chi connectivity index (χ0) is 12.1. The molecule has 0 radical (unpaired) electrons.